The summed E-state index contributed by atoms with van der Waals surface area (Å²) in [4.78, 5) is 10.7. The highest BCUT2D eigenvalue weighted by atomic mass is 32.2. The Labute approximate surface area is 157 Å². The van der Waals surface area contributed by atoms with Gasteiger partial charge in [0.15, 0.2) is 0 Å². The maximum Gasteiger partial charge on any atom is 0.423 e. The van der Waals surface area contributed by atoms with Gasteiger partial charge in [0.25, 0.3) is 0 Å². The normalized spacial score (nSPS) is 18.0. The van der Waals surface area contributed by atoms with Crippen LogP contribution in [0.4, 0.5) is 13.2 Å². The number of nitrogens with two attached hydrogens (primary N) is 1. The number of fused-ring (bicyclic) bond motifs is 1. The molecular weight excluding hydrogens is 407 g/mol. The molecule has 0 saturated carbocycles. The Morgan fingerprint density at radius 3 is 2.56 bits per heavy atom. The third kappa shape index (κ3) is 4.75. The minimum absolute atomic E-state index is 0.131. The molecule has 27 heavy (non-hydrogen) atoms. The minimum atomic E-state index is -5.10. The predicted molar refractivity (Wildman–Crippen MR) is 95.0 cm³/mol. The highest BCUT2D eigenvalue weighted by Gasteiger charge is 2.57. The molecule has 0 amide bonds. The Balaban J connectivity index is 2.26. The van der Waals surface area contributed by atoms with Gasteiger partial charge in [-0.25, -0.2) is 4.21 Å². The van der Waals surface area contributed by atoms with Crippen LogP contribution >= 0.6 is 11.5 Å². The molecule has 1 aromatic carbocycles. The molecular formula is C15H18F3N3O4S2. The topological polar surface area (TPSA) is 137 Å². The molecule has 0 radical (unpaired) electrons. The predicted octanol–water partition coefficient (Wildman–Crippen LogP) is 2.29. The van der Waals surface area contributed by atoms with Crippen molar-refractivity contribution in [3.05, 3.63) is 30.0 Å². The molecule has 2 unspecified atom stereocenters. The lowest BCUT2D eigenvalue weighted by Gasteiger charge is -2.29. The maximum absolute atomic E-state index is 13.7. The zero-order valence-electron chi connectivity index (χ0n) is 13.9. The lowest BCUT2D eigenvalue weighted by molar-refractivity contribution is -0.268. The van der Waals surface area contributed by atoms with Crippen molar-refractivity contribution in [1.82, 2.24) is 4.37 Å². The van der Waals surface area contributed by atoms with Gasteiger partial charge < -0.3 is 15.9 Å². The van der Waals surface area contributed by atoms with Crippen molar-refractivity contribution < 1.29 is 32.4 Å². The zero-order chi connectivity index (χ0) is 20.5. The number of carboxylic acids is 1. The first-order chi connectivity index (χ1) is 12.4. The molecule has 0 fully saturated rings. The number of aliphatic carboxylic acids is 1. The zero-order valence-corrected chi connectivity index (χ0v) is 15.5. The second kappa shape index (κ2) is 7.70. The first kappa shape index (κ1) is 21.5. The number of nitrogens with one attached hydrogen (secondary N) is 1. The lowest BCUT2D eigenvalue weighted by atomic mass is 9.93. The second-order valence-corrected chi connectivity index (χ2v) is 9.33. The summed E-state index contributed by atoms with van der Waals surface area (Å²) >= 11 is 0.798. The van der Waals surface area contributed by atoms with Crippen LogP contribution in [0, 0.1) is 4.78 Å². The fraction of sp³-hybridized carbons (Fsp3) is 0.467. The Hall–Kier alpha value is -1.76. The quantitative estimate of drug-likeness (QED) is 0.512. The van der Waals surface area contributed by atoms with Gasteiger partial charge in [-0.05, 0) is 24.0 Å². The van der Waals surface area contributed by atoms with Crippen LogP contribution in [0.3, 0.4) is 0 Å². The van der Waals surface area contributed by atoms with Crippen molar-refractivity contribution in [3.8, 4) is 0 Å². The van der Waals surface area contributed by atoms with E-state index in [0.29, 0.717) is 4.70 Å². The Bertz CT molecular complexity index is 930. The molecule has 2 aromatic rings. The summed E-state index contributed by atoms with van der Waals surface area (Å²) in [7, 11) is -3.58. The number of aromatic nitrogens is 1. The molecule has 7 nitrogen and oxygen atoms in total. The Morgan fingerprint density at radius 2 is 1.96 bits per heavy atom. The summed E-state index contributed by atoms with van der Waals surface area (Å²) in [6, 6.07) is 4.74. The van der Waals surface area contributed by atoms with Crippen molar-refractivity contribution in [2.24, 2.45) is 5.73 Å². The molecule has 0 bridgehead atoms. The van der Waals surface area contributed by atoms with Crippen LogP contribution in [0.2, 0.25) is 0 Å². The van der Waals surface area contributed by atoms with Crippen molar-refractivity contribution in [3.63, 3.8) is 0 Å². The molecule has 0 spiro atoms. The van der Waals surface area contributed by atoms with Gasteiger partial charge in [0, 0.05) is 33.0 Å². The van der Waals surface area contributed by atoms with Gasteiger partial charge >= 0.3 is 12.1 Å². The van der Waals surface area contributed by atoms with Crippen molar-refractivity contribution in [1.29, 1.82) is 4.78 Å². The van der Waals surface area contributed by atoms with E-state index in [2.05, 4.69) is 4.37 Å². The third-order valence-electron chi connectivity index (χ3n) is 4.11. The van der Waals surface area contributed by atoms with Crippen LogP contribution < -0.4 is 5.73 Å². The number of aliphatic hydroxyl groups is 1. The van der Waals surface area contributed by atoms with Crippen molar-refractivity contribution >= 4 is 37.3 Å². The molecule has 0 aliphatic carbocycles. The summed E-state index contributed by atoms with van der Waals surface area (Å²) in [5, 5.41) is 19.3. The maximum atomic E-state index is 13.7. The van der Waals surface area contributed by atoms with Crippen LogP contribution in [-0.2, 0) is 20.1 Å². The van der Waals surface area contributed by atoms with Crippen LogP contribution in [0.15, 0.2) is 24.3 Å². The van der Waals surface area contributed by atoms with E-state index in [0.717, 1.165) is 11.5 Å². The molecule has 1 heterocycles. The largest absolute Gasteiger partial charge is 0.480 e. The van der Waals surface area contributed by atoms with E-state index in [9.17, 15) is 27.3 Å². The van der Waals surface area contributed by atoms with Gasteiger partial charge in [-0.15, -0.1) is 0 Å². The SMILES string of the molecule is N=S(=O)(CC[C@H](N)C(=O)O)CCC(O)(c1nsc2ccccc12)C(F)(F)F. The van der Waals surface area contributed by atoms with Gasteiger partial charge in [-0.2, -0.15) is 17.5 Å². The van der Waals surface area contributed by atoms with E-state index < -0.39 is 57.1 Å². The van der Waals surface area contributed by atoms with Gasteiger partial charge in [0.1, 0.15) is 11.7 Å². The highest BCUT2D eigenvalue weighted by molar-refractivity contribution is 7.92. The molecule has 2 rings (SSSR count). The van der Waals surface area contributed by atoms with E-state index in [4.69, 9.17) is 15.6 Å². The Kier molecular flexibility index (Phi) is 6.14. The fourth-order valence-corrected chi connectivity index (χ4v) is 4.74. The van der Waals surface area contributed by atoms with Gasteiger partial charge in [0.05, 0.1) is 4.70 Å². The average Bonchev–Trinajstić information content (AvgIpc) is 3.01. The average molecular weight is 425 g/mol. The second-order valence-electron chi connectivity index (χ2n) is 6.09. The number of alkyl halides is 3. The van der Waals surface area contributed by atoms with E-state index in [-0.39, 0.29) is 11.8 Å². The summed E-state index contributed by atoms with van der Waals surface area (Å²) in [6.07, 6.45) is -6.45. The van der Waals surface area contributed by atoms with Crippen molar-refractivity contribution in [2.45, 2.75) is 30.7 Å². The number of rotatable bonds is 8. The highest BCUT2D eigenvalue weighted by Crippen LogP contribution is 2.44. The number of nitrogens with zero attached hydrogens (tertiary/aromatic N) is 1. The summed E-state index contributed by atoms with van der Waals surface area (Å²) < 4.78 is 65.1. The van der Waals surface area contributed by atoms with E-state index in [1.807, 2.05) is 0 Å². The summed E-state index contributed by atoms with van der Waals surface area (Å²) in [5.74, 6) is -2.61. The molecule has 0 saturated heterocycles. The van der Waals surface area contributed by atoms with E-state index in [1.54, 1.807) is 12.1 Å². The monoisotopic (exact) mass is 425 g/mol. The van der Waals surface area contributed by atoms with Crippen molar-refractivity contribution in [2.75, 3.05) is 11.5 Å². The molecule has 5 N–H and O–H groups in total. The standard InChI is InChI=1S/C15H18F3N3O4S2/c16-15(17,18)14(24,12-9-3-1-2-4-11(9)26-21-12)6-8-27(20,25)7-5-10(19)13(22)23/h1-4,10,20,24H,5-8,19H2,(H,22,23)/t10-,14?,27?/m0/s1. The summed E-state index contributed by atoms with van der Waals surface area (Å²) in [6.45, 7) is 0. The smallest absolute Gasteiger partial charge is 0.423 e. The molecule has 0 aliphatic rings. The first-order valence-electron chi connectivity index (χ1n) is 7.74. The number of hydrogen-bond donors (Lipinski definition) is 4. The van der Waals surface area contributed by atoms with Gasteiger partial charge in [-0.3, -0.25) is 9.57 Å². The first-order valence-corrected chi connectivity index (χ1v) is 10.4. The van der Waals surface area contributed by atoms with E-state index >= 15 is 0 Å². The lowest BCUT2D eigenvalue weighted by Crippen LogP contribution is -2.44. The van der Waals surface area contributed by atoms with Crippen LogP contribution in [-0.4, -0.2) is 48.5 Å². The molecule has 150 valence electrons. The third-order valence-corrected chi connectivity index (χ3v) is 6.69. The number of carbonyl (C=O) groups is 1. The van der Waals surface area contributed by atoms with Crippen LogP contribution in [0.1, 0.15) is 18.5 Å². The van der Waals surface area contributed by atoms with E-state index in [1.165, 1.54) is 12.1 Å². The van der Waals surface area contributed by atoms with Crippen LogP contribution in [0.5, 0.6) is 0 Å². The van der Waals surface area contributed by atoms with Crippen LogP contribution in [0.25, 0.3) is 10.1 Å². The molecule has 0 aliphatic heterocycles. The minimum Gasteiger partial charge on any atom is -0.480 e. The number of benzene rings is 1. The molecule has 3 atom stereocenters. The van der Waals surface area contributed by atoms with Gasteiger partial charge in [0.2, 0.25) is 5.60 Å². The fourth-order valence-electron chi connectivity index (χ4n) is 2.43. The molecule has 12 heteroatoms. The summed E-state index contributed by atoms with van der Waals surface area (Å²) in [5.41, 5.74) is 1.31. The number of hydrogen-bond acceptors (Lipinski definition) is 7. The number of halogens is 3. The molecule has 1 aromatic heterocycles. The van der Waals surface area contributed by atoms with Gasteiger partial charge in [-0.1, -0.05) is 18.2 Å². The Morgan fingerprint density at radius 1 is 1.33 bits per heavy atom. The number of carboxylic acid groups (broad SMARTS) is 1.